The molecule has 0 amide bonds. The number of benzene rings is 1. The second kappa shape index (κ2) is 6.61. The van der Waals surface area contributed by atoms with E-state index in [4.69, 9.17) is 26.2 Å². The molecule has 7 heteroatoms. The predicted molar refractivity (Wildman–Crippen MR) is 89.7 cm³/mol. The van der Waals surface area contributed by atoms with Crippen LogP contribution in [0.15, 0.2) is 22.6 Å². The minimum atomic E-state index is -1.22. The monoisotopic (exact) mass is 364 g/mol. The normalized spacial score (nSPS) is 20.4. The summed E-state index contributed by atoms with van der Waals surface area (Å²) >= 11 is 6.16. The van der Waals surface area contributed by atoms with Gasteiger partial charge in [-0.25, -0.2) is 0 Å². The number of aliphatic hydroxyl groups is 1. The Morgan fingerprint density at radius 2 is 2.00 bits per heavy atom. The molecule has 0 aliphatic heterocycles. The van der Waals surface area contributed by atoms with Gasteiger partial charge in [-0.3, -0.25) is 14.4 Å². The zero-order chi connectivity index (χ0) is 18.3. The van der Waals surface area contributed by atoms with E-state index in [2.05, 4.69) is 0 Å². The second-order valence-electron chi connectivity index (χ2n) is 6.43. The fourth-order valence-electron chi connectivity index (χ4n) is 3.06. The summed E-state index contributed by atoms with van der Waals surface area (Å²) in [6, 6.07) is 5.00. The average molecular weight is 365 g/mol. The maximum atomic E-state index is 12.6. The number of hydrogen-bond acceptors (Lipinski definition) is 5. The molecule has 2 aromatic rings. The average Bonchev–Trinajstić information content (AvgIpc) is 3.26. The van der Waals surface area contributed by atoms with Gasteiger partial charge in [0.25, 0.3) is 0 Å². The summed E-state index contributed by atoms with van der Waals surface area (Å²) in [5.74, 6) is -3.08. The molecule has 3 atom stereocenters. The van der Waals surface area contributed by atoms with E-state index in [-0.39, 0.29) is 18.0 Å². The van der Waals surface area contributed by atoms with E-state index in [1.165, 1.54) is 6.07 Å². The van der Waals surface area contributed by atoms with E-state index < -0.39 is 30.3 Å². The van der Waals surface area contributed by atoms with Crippen molar-refractivity contribution in [2.45, 2.75) is 19.8 Å². The van der Waals surface area contributed by atoms with Crippen molar-refractivity contribution in [3.05, 3.63) is 34.5 Å². The lowest BCUT2D eigenvalue weighted by Gasteiger charge is -2.07. The molecule has 1 aliphatic carbocycles. The Balaban J connectivity index is 1.73. The number of rotatable bonds is 7. The van der Waals surface area contributed by atoms with Crippen LogP contribution in [0.2, 0.25) is 5.02 Å². The Labute approximate surface area is 148 Å². The lowest BCUT2D eigenvalue weighted by Crippen LogP contribution is -2.23. The fraction of sp³-hybridized carbons (Fsp3) is 0.389. The quantitative estimate of drug-likeness (QED) is 0.732. The third-order valence-corrected chi connectivity index (χ3v) is 4.82. The summed E-state index contributed by atoms with van der Waals surface area (Å²) in [5.41, 5.74) is 0.932. The Hall–Kier alpha value is -2.18. The number of halogens is 1. The number of carbonyl (C=O) groups excluding carboxylic acids is 2. The lowest BCUT2D eigenvalue weighted by atomic mass is 9.98. The van der Waals surface area contributed by atoms with Gasteiger partial charge in [-0.1, -0.05) is 11.6 Å². The number of aliphatic hydroxyl groups excluding tert-OH is 1. The SMILES string of the molecule is Cc1cc2cc(C(=O)[C@H]3C[C@@H]3C(=O)C[C@@H](CO)C(=O)O)cc(Cl)c2o1. The number of Topliss-reactive ketones (excluding diaryl/α,β-unsaturated/α-hetero) is 2. The number of carboxylic acids is 1. The van der Waals surface area contributed by atoms with E-state index in [0.717, 1.165) is 5.39 Å². The Bertz CT molecular complexity index is 868. The molecule has 0 spiro atoms. The van der Waals surface area contributed by atoms with E-state index in [1.54, 1.807) is 19.1 Å². The van der Waals surface area contributed by atoms with E-state index in [1.807, 2.05) is 0 Å². The van der Waals surface area contributed by atoms with Crippen molar-refractivity contribution in [1.29, 1.82) is 0 Å². The van der Waals surface area contributed by atoms with Crippen LogP contribution in [-0.2, 0) is 9.59 Å². The minimum Gasteiger partial charge on any atom is -0.481 e. The molecule has 0 saturated heterocycles. The molecule has 1 saturated carbocycles. The number of ketones is 2. The predicted octanol–water partition coefficient (Wildman–Crippen LogP) is 2.87. The van der Waals surface area contributed by atoms with Crippen molar-refractivity contribution >= 4 is 40.1 Å². The van der Waals surface area contributed by atoms with Gasteiger partial charge in [0.15, 0.2) is 11.4 Å². The molecule has 1 aliphatic rings. The Kier molecular flexibility index (Phi) is 4.67. The summed E-state index contributed by atoms with van der Waals surface area (Å²) in [6.45, 7) is 1.19. The summed E-state index contributed by atoms with van der Waals surface area (Å²) in [5, 5.41) is 19.0. The lowest BCUT2D eigenvalue weighted by molar-refractivity contribution is -0.145. The van der Waals surface area contributed by atoms with Crippen molar-refractivity contribution in [3.63, 3.8) is 0 Å². The number of furan rings is 1. The first-order valence-electron chi connectivity index (χ1n) is 7.92. The van der Waals surface area contributed by atoms with Gasteiger partial charge in [-0.15, -0.1) is 0 Å². The topological polar surface area (TPSA) is 105 Å². The largest absolute Gasteiger partial charge is 0.481 e. The second-order valence-corrected chi connectivity index (χ2v) is 6.84. The molecule has 3 rings (SSSR count). The van der Waals surface area contributed by atoms with Gasteiger partial charge in [-0.05, 0) is 31.5 Å². The molecule has 1 aromatic heterocycles. The molecule has 1 fully saturated rings. The molecule has 1 aromatic carbocycles. The maximum Gasteiger partial charge on any atom is 0.309 e. The highest BCUT2D eigenvalue weighted by Crippen LogP contribution is 2.43. The van der Waals surface area contributed by atoms with Gasteiger partial charge < -0.3 is 14.6 Å². The minimum absolute atomic E-state index is 0.183. The van der Waals surface area contributed by atoms with E-state index in [0.29, 0.717) is 28.4 Å². The third kappa shape index (κ3) is 3.45. The smallest absolute Gasteiger partial charge is 0.309 e. The van der Waals surface area contributed by atoms with Crippen molar-refractivity contribution in [3.8, 4) is 0 Å². The number of aryl methyl sites for hydroxylation is 1. The fourth-order valence-corrected chi connectivity index (χ4v) is 3.33. The first kappa shape index (κ1) is 17.6. The first-order chi connectivity index (χ1) is 11.8. The van der Waals surface area contributed by atoms with Crippen molar-refractivity contribution in [2.24, 2.45) is 17.8 Å². The van der Waals surface area contributed by atoms with Crippen LogP contribution in [0.25, 0.3) is 11.0 Å². The number of carboxylic acid groups (broad SMARTS) is 1. The van der Waals surface area contributed by atoms with Crippen LogP contribution in [0.5, 0.6) is 0 Å². The van der Waals surface area contributed by atoms with Crippen LogP contribution in [0.1, 0.15) is 29.0 Å². The molecule has 0 unspecified atom stereocenters. The van der Waals surface area contributed by atoms with E-state index in [9.17, 15) is 14.4 Å². The molecular weight excluding hydrogens is 348 g/mol. The Morgan fingerprint density at radius 1 is 1.28 bits per heavy atom. The highest BCUT2D eigenvalue weighted by atomic mass is 35.5. The first-order valence-corrected chi connectivity index (χ1v) is 8.30. The van der Waals surface area contributed by atoms with Crippen LogP contribution in [0, 0.1) is 24.7 Å². The van der Waals surface area contributed by atoms with Crippen LogP contribution in [0.3, 0.4) is 0 Å². The summed E-state index contributed by atoms with van der Waals surface area (Å²) in [6.07, 6.45) is 0.135. The van der Waals surface area contributed by atoms with Gasteiger partial charge in [0.2, 0.25) is 0 Å². The zero-order valence-corrected chi connectivity index (χ0v) is 14.2. The molecule has 1 heterocycles. The van der Waals surface area contributed by atoms with Crippen LogP contribution < -0.4 is 0 Å². The van der Waals surface area contributed by atoms with Crippen LogP contribution in [0.4, 0.5) is 0 Å². The van der Waals surface area contributed by atoms with E-state index >= 15 is 0 Å². The highest BCUT2D eigenvalue weighted by molar-refractivity contribution is 6.35. The third-order valence-electron chi connectivity index (χ3n) is 4.54. The number of carbonyl (C=O) groups is 3. The molecule has 0 bridgehead atoms. The maximum absolute atomic E-state index is 12.6. The number of hydrogen-bond donors (Lipinski definition) is 2. The van der Waals surface area contributed by atoms with Gasteiger partial charge in [-0.2, -0.15) is 0 Å². The zero-order valence-electron chi connectivity index (χ0n) is 13.5. The standard InChI is InChI=1S/C18H17ClO6/c1-8-2-10-3-9(4-14(19)17(10)25-8)16(22)13-6-12(13)15(21)5-11(7-20)18(23)24/h2-4,11-13,20H,5-7H2,1H3,(H,23,24)/t11-,12-,13-/m0/s1. The van der Waals surface area contributed by atoms with Gasteiger partial charge in [0.05, 0.1) is 17.5 Å². The molecular formula is C18H17ClO6. The van der Waals surface area contributed by atoms with Crippen molar-refractivity contribution in [1.82, 2.24) is 0 Å². The Morgan fingerprint density at radius 3 is 2.64 bits per heavy atom. The highest BCUT2D eigenvalue weighted by Gasteiger charge is 2.48. The van der Waals surface area contributed by atoms with Gasteiger partial charge in [0.1, 0.15) is 11.5 Å². The summed E-state index contributed by atoms with van der Waals surface area (Å²) in [7, 11) is 0. The summed E-state index contributed by atoms with van der Waals surface area (Å²) in [4.78, 5) is 35.7. The molecule has 2 N–H and O–H groups in total. The van der Waals surface area contributed by atoms with Crippen LogP contribution in [-0.4, -0.2) is 34.4 Å². The number of fused-ring (bicyclic) bond motifs is 1. The molecule has 25 heavy (non-hydrogen) atoms. The summed E-state index contributed by atoms with van der Waals surface area (Å²) < 4.78 is 5.47. The molecule has 132 valence electrons. The molecule has 0 radical (unpaired) electrons. The van der Waals surface area contributed by atoms with Crippen molar-refractivity contribution in [2.75, 3.05) is 6.61 Å². The van der Waals surface area contributed by atoms with Gasteiger partial charge in [0, 0.05) is 29.2 Å². The van der Waals surface area contributed by atoms with Gasteiger partial charge >= 0.3 is 5.97 Å². The van der Waals surface area contributed by atoms with Crippen molar-refractivity contribution < 1.29 is 29.0 Å². The molecule has 6 nitrogen and oxygen atoms in total. The number of aliphatic carboxylic acids is 1. The van der Waals surface area contributed by atoms with Crippen LogP contribution >= 0.6 is 11.6 Å².